The Kier molecular flexibility index (Phi) is 7.99. The fourth-order valence-electron chi connectivity index (χ4n) is 2.45. The van der Waals surface area contributed by atoms with Crippen LogP contribution in [0, 0.1) is 0 Å². The zero-order valence-electron chi connectivity index (χ0n) is 15.0. The molecule has 1 atom stereocenters. The number of thiophene rings is 2. The molecule has 0 saturated carbocycles. The molecule has 26 heavy (non-hydrogen) atoms. The number of carbonyl (C=O) groups is 2. The third-order valence-corrected chi connectivity index (χ3v) is 6.59. The minimum atomic E-state index is -0.956. The second-order valence-corrected chi connectivity index (χ2v) is 9.52. The van der Waals surface area contributed by atoms with Gasteiger partial charge in [0.05, 0.1) is 13.1 Å². The molecule has 0 saturated heterocycles. The molecule has 8 heteroatoms. The van der Waals surface area contributed by atoms with E-state index in [0.717, 1.165) is 34.4 Å². The molecule has 0 fully saturated rings. The van der Waals surface area contributed by atoms with E-state index in [1.54, 1.807) is 34.5 Å². The van der Waals surface area contributed by atoms with Gasteiger partial charge in [-0.3, -0.25) is 4.79 Å². The summed E-state index contributed by atoms with van der Waals surface area (Å²) in [5.41, 5.74) is 5.23. The fourth-order valence-corrected chi connectivity index (χ4v) is 4.89. The maximum absolute atomic E-state index is 13.0. The van der Waals surface area contributed by atoms with Crippen LogP contribution in [0.1, 0.15) is 42.9 Å². The third kappa shape index (κ3) is 6.66. The highest BCUT2D eigenvalue weighted by atomic mass is 32.2. The maximum Gasteiger partial charge on any atom is 0.405 e. The second kappa shape index (κ2) is 9.99. The lowest BCUT2D eigenvalue weighted by atomic mass is 10.2. The first kappa shape index (κ1) is 20.8. The molecule has 0 aliphatic heterocycles. The van der Waals surface area contributed by atoms with Gasteiger partial charge in [-0.05, 0) is 54.4 Å². The molecule has 0 aliphatic carbocycles. The number of hydrogen-bond donors (Lipinski definition) is 1. The Hall–Kier alpha value is -1.51. The van der Waals surface area contributed by atoms with Crippen molar-refractivity contribution in [2.75, 3.05) is 0 Å². The lowest BCUT2D eigenvalue weighted by Crippen LogP contribution is -2.36. The first-order valence-corrected chi connectivity index (χ1v) is 11.0. The lowest BCUT2D eigenvalue weighted by molar-refractivity contribution is 0.0886. The van der Waals surface area contributed by atoms with Crippen molar-refractivity contribution >= 4 is 45.8 Å². The first-order chi connectivity index (χ1) is 12.4. The molecule has 142 valence electrons. The number of rotatable bonds is 9. The van der Waals surface area contributed by atoms with E-state index in [-0.39, 0.29) is 5.24 Å². The van der Waals surface area contributed by atoms with Crippen molar-refractivity contribution in [2.45, 2.75) is 51.1 Å². The SMILES string of the molecule is CCCC[C@@](C)(OC(N)=O)SC(=O)N(Cc1cccs1)Cc1cccs1. The van der Waals surface area contributed by atoms with E-state index in [1.807, 2.05) is 35.0 Å². The van der Waals surface area contributed by atoms with Crippen molar-refractivity contribution in [2.24, 2.45) is 5.73 Å². The topological polar surface area (TPSA) is 72.6 Å². The van der Waals surface area contributed by atoms with Gasteiger partial charge in [0, 0.05) is 9.75 Å². The van der Waals surface area contributed by atoms with Gasteiger partial charge in [0.25, 0.3) is 5.24 Å². The minimum Gasteiger partial charge on any atom is -0.432 e. The summed E-state index contributed by atoms with van der Waals surface area (Å²) in [5.74, 6) is 0. The van der Waals surface area contributed by atoms with E-state index >= 15 is 0 Å². The van der Waals surface area contributed by atoms with E-state index in [2.05, 4.69) is 6.92 Å². The Labute approximate surface area is 166 Å². The van der Waals surface area contributed by atoms with Crippen molar-refractivity contribution in [1.82, 2.24) is 4.90 Å². The van der Waals surface area contributed by atoms with E-state index in [9.17, 15) is 9.59 Å². The molecule has 2 N–H and O–H groups in total. The summed E-state index contributed by atoms with van der Waals surface area (Å²) in [4.78, 5) is 27.4. The molecular formula is C18H24N2O3S3. The maximum atomic E-state index is 13.0. The Morgan fingerprint density at radius 2 is 1.77 bits per heavy atom. The first-order valence-electron chi connectivity index (χ1n) is 8.43. The van der Waals surface area contributed by atoms with Crippen molar-refractivity contribution in [3.63, 3.8) is 0 Å². The molecule has 0 bridgehead atoms. The average Bonchev–Trinajstić information content (AvgIpc) is 3.25. The van der Waals surface area contributed by atoms with Gasteiger partial charge in [-0.25, -0.2) is 4.79 Å². The summed E-state index contributed by atoms with van der Waals surface area (Å²) < 4.78 is 5.29. The number of amides is 2. The van der Waals surface area contributed by atoms with Crippen molar-refractivity contribution < 1.29 is 14.3 Å². The van der Waals surface area contributed by atoms with Gasteiger partial charge in [0.1, 0.15) is 0 Å². The van der Waals surface area contributed by atoms with Gasteiger partial charge in [-0.2, -0.15) is 0 Å². The summed E-state index contributed by atoms with van der Waals surface area (Å²) in [7, 11) is 0. The molecule has 0 radical (unpaired) electrons. The summed E-state index contributed by atoms with van der Waals surface area (Å²) in [6, 6.07) is 7.98. The number of unbranched alkanes of at least 4 members (excludes halogenated alkanes) is 1. The van der Waals surface area contributed by atoms with Gasteiger partial charge < -0.3 is 15.4 Å². The van der Waals surface area contributed by atoms with Crippen LogP contribution in [0.5, 0.6) is 0 Å². The van der Waals surface area contributed by atoms with Gasteiger partial charge in [0.15, 0.2) is 4.93 Å². The number of carbonyl (C=O) groups excluding carboxylic acids is 2. The summed E-state index contributed by atoms with van der Waals surface area (Å²) in [6.07, 6.45) is 1.52. The molecule has 2 rings (SSSR count). The van der Waals surface area contributed by atoms with Crippen molar-refractivity contribution in [3.05, 3.63) is 44.8 Å². The third-order valence-electron chi connectivity index (χ3n) is 3.72. The number of thioether (sulfide) groups is 1. The van der Waals surface area contributed by atoms with Crippen LogP contribution in [0.2, 0.25) is 0 Å². The smallest absolute Gasteiger partial charge is 0.405 e. The number of hydrogen-bond acceptors (Lipinski definition) is 6. The van der Waals surface area contributed by atoms with E-state index in [0.29, 0.717) is 19.5 Å². The molecule has 0 aliphatic rings. The van der Waals surface area contributed by atoms with Crippen LogP contribution in [0.25, 0.3) is 0 Å². The molecule has 2 aromatic heterocycles. The number of nitrogens with two attached hydrogens (primary N) is 1. The van der Waals surface area contributed by atoms with Crippen LogP contribution >= 0.6 is 34.4 Å². The average molecular weight is 413 g/mol. The zero-order valence-corrected chi connectivity index (χ0v) is 17.4. The summed E-state index contributed by atoms with van der Waals surface area (Å²) in [5, 5.41) is 3.88. The van der Waals surface area contributed by atoms with Gasteiger partial charge in [-0.1, -0.05) is 25.5 Å². The molecule has 0 aromatic carbocycles. The van der Waals surface area contributed by atoms with Gasteiger partial charge >= 0.3 is 6.09 Å². The Morgan fingerprint density at radius 3 is 2.19 bits per heavy atom. The molecule has 2 aromatic rings. The highest BCUT2D eigenvalue weighted by Gasteiger charge is 2.34. The quantitative estimate of drug-likeness (QED) is 0.539. The molecule has 2 amide bonds. The van der Waals surface area contributed by atoms with Crippen LogP contribution in [-0.2, 0) is 17.8 Å². The second-order valence-electron chi connectivity index (χ2n) is 6.04. The van der Waals surface area contributed by atoms with Gasteiger partial charge in [-0.15, -0.1) is 22.7 Å². The van der Waals surface area contributed by atoms with Crippen molar-refractivity contribution in [1.29, 1.82) is 0 Å². The van der Waals surface area contributed by atoms with E-state index in [4.69, 9.17) is 10.5 Å². The molecule has 2 heterocycles. The largest absolute Gasteiger partial charge is 0.432 e. The number of nitrogens with zero attached hydrogens (tertiary/aromatic N) is 1. The van der Waals surface area contributed by atoms with E-state index < -0.39 is 11.0 Å². The highest BCUT2D eigenvalue weighted by molar-refractivity contribution is 8.14. The van der Waals surface area contributed by atoms with Crippen LogP contribution in [0.3, 0.4) is 0 Å². The monoisotopic (exact) mass is 412 g/mol. The predicted molar refractivity (Wildman–Crippen MR) is 109 cm³/mol. The minimum absolute atomic E-state index is 0.119. The Morgan fingerprint density at radius 1 is 1.19 bits per heavy atom. The predicted octanol–water partition coefficient (Wildman–Crippen LogP) is 5.67. The Balaban J connectivity index is 2.13. The molecule has 0 unspecified atom stereocenters. The van der Waals surface area contributed by atoms with Crippen LogP contribution in [-0.4, -0.2) is 21.2 Å². The van der Waals surface area contributed by atoms with E-state index in [1.165, 1.54) is 0 Å². The normalized spacial score (nSPS) is 13.2. The standard InChI is InChI=1S/C18H24N2O3S3/c1-3-4-9-18(2,23-16(19)21)26-17(22)20(12-14-7-5-10-24-14)13-15-8-6-11-25-15/h5-8,10-11H,3-4,9,12-13H2,1-2H3,(H2,19,21)/t18-/m0/s1. The fraction of sp³-hybridized carbons (Fsp3) is 0.444. The molecular weight excluding hydrogens is 388 g/mol. The zero-order chi connectivity index (χ0) is 19.0. The van der Waals surface area contributed by atoms with Crippen LogP contribution in [0.15, 0.2) is 35.0 Å². The Bertz CT molecular complexity index is 652. The molecule has 0 spiro atoms. The highest BCUT2D eigenvalue weighted by Crippen LogP contribution is 2.35. The lowest BCUT2D eigenvalue weighted by Gasteiger charge is -2.30. The van der Waals surface area contributed by atoms with Crippen LogP contribution in [0.4, 0.5) is 9.59 Å². The van der Waals surface area contributed by atoms with Crippen LogP contribution < -0.4 is 5.73 Å². The molecule has 5 nitrogen and oxygen atoms in total. The number of primary amides is 1. The summed E-state index contributed by atoms with van der Waals surface area (Å²) >= 11 is 4.28. The van der Waals surface area contributed by atoms with Crippen molar-refractivity contribution in [3.8, 4) is 0 Å². The summed E-state index contributed by atoms with van der Waals surface area (Å²) in [6.45, 7) is 4.87. The number of ether oxygens (including phenoxy) is 1. The van der Waals surface area contributed by atoms with Gasteiger partial charge in [0.2, 0.25) is 0 Å².